The molecule has 3 N–H and O–H groups in total. The summed E-state index contributed by atoms with van der Waals surface area (Å²) >= 11 is -1.52. The first-order valence-electron chi connectivity index (χ1n) is 7.59. The fourth-order valence-corrected chi connectivity index (χ4v) is 2.79. The van der Waals surface area contributed by atoms with Crippen LogP contribution in [0.15, 0.2) is 24.2 Å². The van der Waals surface area contributed by atoms with Crippen LogP contribution in [0.3, 0.4) is 0 Å². The van der Waals surface area contributed by atoms with Gasteiger partial charge >= 0.3 is 124 Å². The van der Waals surface area contributed by atoms with Gasteiger partial charge in [0.1, 0.15) is 0 Å². The van der Waals surface area contributed by atoms with Crippen LogP contribution in [0.25, 0.3) is 0 Å². The molecule has 3 unspecified atom stereocenters. The third-order valence-electron chi connectivity index (χ3n) is 3.18. The Kier molecular flexibility index (Phi) is 13.1. The standard InChI is InChI=1S/C14H25O5.C2H3.Co.O/c1-3-14(18)19-10-13(17)9-5-8-12(16)7-4-6-11(2)15;1-2;;/h3,11-13,15-17H,1-2,4-10H2;1H,2H2;;. The summed E-state index contributed by atoms with van der Waals surface area (Å²) in [5.74, 6) is -0.569. The molecule has 0 aliphatic rings. The Balaban J connectivity index is 3.65. The second-order valence-electron chi connectivity index (χ2n) is 5.24. The Morgan fingerprint density at radius 1 is 1.00 bits per heavy atom. The quantitative estimate of drug-likeness (QED) is 0.315. The Morgan fingerprint density at radius 3 is 2.04 bits per heavy atom. The van der Waals surface area contributed by atoms with Crippen molar-refractivity contribution in [2.45, 2.75) is 62.2 Å². The molecule has 0 bridgehead atoms. The average molecular weight is 375 g/mol. The normalized spacial score (nSPS) is 15.3. The zero-order chi connectivity index (χ0) is 17.7. The summed E-state index contributed by atoms with van der Waals surface area (Å²) in [6.45, 7) is 6.59. The van der Waals surface area contributed by atoms with Gasteiger partial charge in [0.15, 0.2) is 0 Å². The molecular weight excluding hydrogens is 347 g/mol. The van der Waals surface area contributed by atoms with Crippen molar-refractivity contribution in [1.29, 1.82) is 0 Å². The minimum atomic E-state index is -1.52. The van der Waals surface area contributed by atoms with E-state index in [0.29, 0.717) is 38.5 Å². The Hall–Kier alpha value is -0.864. The van der Waals surface area contributed by atoms with Crippen LogP contribution >= 0.6 is 0 Å². The number of aliphatic hydroxyl groups excluding tert-OH is 3. The van der Waals surface area contributed by atoms with Crippen LogP contribution in [0, 0.1) is 0 Å². The molecule has 0 aromatic rings. The second kappa shape index (κ2) is 13.6. The number of carbonyl (C=O) groups excluding carboxylic acids is 1. The van der Waals surface area contributed by atoms with Crippen LogP contribution in [-0.4, -0.2) is 46.2 Å². The van der Waals surface area contributed by atoms with Crippen LogP contribution in [0.5, 0.6) is 0 Å². The van der Waals surface area contributed by atoms with Gasteiger partial charge in [-0.25, -0.2) is 4.79 Å². The van der Waals surface area contributed by atoms with E-state index >= 15 is 0 Å². The van der Waals surface area contributed by atoms with Gasteiger partial charge in [-0.3, -0.25) is 0 Å². The maximum absolute atomic E-state index is 11.2. The van der Waals surface area contributed by atoms with Crippen molar-refractivity contribution in [3.63, 3.8) is 0 Å². The topological polar surface area (TPSA) is 104 Å². The van der Waals surface area contributed by atoms with E-state index in [2.05, 4.69) is 13.2 Å². The van der Waals surface area contributed by atoms with Gasteiger partial charge in [-0.15, -0.1) is 0 Å². The molecule has 0 aromatic carbocycles. The fraction of sp³-hybridized carbons (Fsp3) is 0.688. The van der Waals surface area contributed by atoms with E-state index in [0.717, 1.165) is 6.08 Å². The van der Waals surface area contributed by atoms with E-state index in [9.17, 15) is 24.0 Å². The number of rotatable bonds is 14. The molecule has 7 heteroatoms. The van der Waals surface area contributed by atoms with E-state index in [1.54, 1.807) is 0 Å². The van der Waals surface area contributed by atoms with Crippen molar-refractivity contribution in [1.82, 2.24) is 0 Å². The molecule has 0 saturated carbocycles. The van der Waals surface area contributed by atoms with Crippen LogP contribution in [0.2, 0.25) is 5.36 Å². The summed E-state index contributed by atoms with van der Waals surface area (Å²) in [6.07, 6.45) is 2.41. The summed E-state index contributed by atoms with van der Waals surface area (Å²) in [5.41, 5.74) is 0. The van der Waals surface area contributed by atoms with Crippen LogP contribution in [0.1, 0.15) is 38.5 Å². The van der Waals surface area contributed by atoms with Gasteiger partial charge in [0.25, 0.3) is 0 Å². The third kappa shape index (κ3) is 13.3. The van der Waals surface area contributed by atoms with Gasteiger partial charge in [0.2, 0.25) is 0 Å². The van der Waals surface area contributed by atoms with Gasteiger partial charge in [-0.2, -0.15) is 0 Å². The van der Waals surface area contributed by atoms with E-state index in [1.165, 1.54) is 5.01 Å². The predicted molar refractivity (Wildman–Crippen MR) is 82.6 cm³/mol. The summed E-state index contributed by atoms with van der Waals surface area (Å²) in [7, 11) is 0. The van der Waals surface area contributed by atoms with E-state index < -0.39 is 37.9 Å². The molecule has 0 spiro atoms. The molecule has 0 amide bonds. The van der Waals surface area contributed by atoms with Gasteiger partial charge < -0.3 is 0 Å². The van der Waals surface area contributed by atoms with Crippen molar-refractivity contribution in [3.8, 4) is 0 Å². The molecule has 0 aliphatic heterocycles. The molecule has 137 valence electrons. The molecule has 3 atom stereocenters. The van der Waals surface area contributed by atoms with E-state index in [1.807, 2.05) is 0 Å². The molecule has 0 saturated heterocycles. The van der Waals surface area contributed by atoms with Gasteiger partial charge in [0.05, 0.1) is 0 Å². The Labute approximate surface area is 141 Å². The summed E-state index contributed by atoms with van der Waals surface area (Å²) in [4.78, 5) is 10.8. The number of hydrogen-bond acceptors (Lipinski definition) is 6. The summed E-state index contributed by atoms with van der Waals surface area (Å²) in [5, 5.41) is 30.6. The van der Waals surface area contributed by atoms with Crippen molar-refractivity contribution in [2.75, 3.05) is 6.61 Å². The first-order chi connectivity index (χ1) is 10.9. The second-order valence-corrected chi connectivity index (χ2v) is 7.06. The van der Waals surface area contributed by atoms with Crippen LogP contribution in [-0.2, 0) is 27.0 Å². The van der Waals surface area contributed by atoms with Gasteiger partial charge in [0, 0.05) is 6.08 Å². The number of esters is 1. The Bertz CT molecular complexity index is 385. The Morgan fingerprint density at radius 2 is 1.52 bits per heavy atom. The molecule has 0 rings (SSSR count). The molecular formula is C16H28CoO6. The first kappa shape index (κ1) is 22.1. The third-order valence-corrected chi connectivity index (χ3v) is 4.56. The molecule has 23 heavy (non-hydrogen) atoms. The molecule has 0 fully saturated rings. The fourth-order valence-electron chi connectivity index (χ4n) is 1.92. The maximum atomic E-state index is 11.2. The average Bonchev–Trinajstić information content (AvgIpc) is 2.52. The molecule has 6 nitrogen and oxygen atoms in total. The number of aliphatic hydroxyl groups is 3. The van der Waals surface area contributed by atoms with E-state index in [-0.39, 0.29) is 12.0 Å². The van der Waals surface area contributed by atoms with Crippen molar-refractivity contribution < 1.29 is 42.3 Å². The molecule has 0 aromatic heterocycles. The number of hydrogen-bond donors (Lipinski definition) is 3. The van der Waals surface area contributed by atoms with E-state index in [4.69, 9.17) is 4.74 Å². The minimum absolute atomic E-state index is 0.0748. The zero-order valence-corrected chi connectivity index (χ0v) is 14.4. The van der Waals surface area contributed by atoms with Crippen LogP contribution in [0.4, 0.5) is 0 Å². The van der Waals surface area contributed by atoms with Crippen molar-refractivity contribution in [3.05, 3.63) is 24.2 Å². The summed E-state index contributed by atoms with van der Waals surface area (Å²) < 4.78 is 15.9. The summed E-state index contributed by atoms with van der Waals surface area (Å²) in [6, 6.07) is 0. The number of ether oxygens (including phenoxy) is 1. The molecule has 0 aliphatic carbocycles. The van der Waals surface area contributed by atoms with Gasteiger partial charge in [-0.1, -0.05) is 6.58 Å². The van der Waals surface area contributed by atoms with Gasteiger partial charge in [-0.05, 0) is 0 Å². The zero-order valence-electron chi connectivity index (χ0n) is 13.4. The molecule has 0 heterocycles. The first-order valence-corrected chi connectivity index (χ1v) is 9.35. The SMILES string of the molecule is C=CC(=O)OCC(O)CCCC(O)CCCC(O)[CH2][Co](=[O])[CH]=C. The van der Waals surface area contributed by atoms with Crippen molar-refractivity contribution in [2.24, 2.45) is 0 Å². The number of carbonyl (C=O) groups is 1. The van der Waals surface area contributed by atoms with Crippen molar-refractivity contribution >= 4 is 5.97 Å². The van der Waals surface area contributed by atoms with Crippen LogP contribution < -0.4 is 0 Å². The molecule has 0 radical (unpaired) electrons. The monoisotopic (exact) mass is 375 g/mol. The predicted octanol–water partition coefficient (Wildman–Crippen LogP) is 1.66.